The molecule has 0 heterocycles. The van der Waals surface area contributed by atoms with Gasteiger partial charge >= 0.3 is 0 Å². The van der Waals surface area contributed by atoms with Crippen molar-refractivity contribution in [3.63, 3.8) is 0 Å². The van der Waals surface area contributed by atoms with Crippen LogP contribution in [0.4, 0.5) is 0 Å². The van der Waals surface area contributed by atoms with Crippen LogP contribution >= 0.6 is 0 Å². The fourth-order valence-corrected chi connectivity index (χ4v) is 1.92. The lowest BCUT2D eigenvalue weighted by Gasteiger charge is -2.31. The monoisotopic (exact) mass is 169 g/mol. The highest BCUT2D eigenvalue weighted by Crippen LogP contribution is 2.20. The van der Waals surface area contributed by atoms with Gasteiger partial charge in [-0.25, -0.2) is 0 Å². The van der Waals surface area contributed by atoms with Crippen molar-refractivity contribution < 1.29 is 0 Å². The molecular weight excluding hydrogens is 146 g/mol. The maximum Gasteiger partial charge on any atom is 0.00696 e. The Balaban J connectivity index is 2.11. The highest BCUT2D eigenvalue weighted by atomic mass is 15.0. The van der Waals surface area contributed by atoms with Crippen LogP contribution in [0.1, 0.15) is 58.8 Å². The fourth-order valence-electron chi connectivity index (χ4n) is 1.92. The molecule has 0 spiro atoms. The number of hydrogen-bond acceptors (Lipinski definition) is 1. The first-order valence-electron chi connectivity index (χ1n) is 5.62. The molecule has 0 atom stereocenters. The van der Waals surface area contributed by atoms with Crippen molar-refractivity contribution in [2.75, 3.05) is 0 Å². The van der Waals surface area contributed by atoms with Crippen molar-refractivity contribution in [2.45, 2.75) is 70.9 Å². The van der Waals surface area contributed by atoms with E-state index in [0.717, 1.165) is 12.1 Å². The molecule has 0 amide bonds. The van der Waals surface area contributed by atoms with E-state index in [9.17, 15) is 0 Å². The van der Waals surface area contributed by atoms with Gasteiger partial charge in [0.2, 0.25) is 0 Å². The van der Waals surface area contributed by atoms with E-state index in [4.69, 9.17) is 0 Å². The van der Waals surface area contributed by atoms with Crippen LogP contribution in [0.25, 0.3) is 0 Å². The van der Waals surface area contributed by atoms with Crippen molar-refractivity contribution in [3.05, 3.63) is 0 Å². The zero-order chi connectivity index (χ0) is 8.81. The van der Waals surface area contributed by atoms with E-state index in [1.54, 1.807) is 0 Å². The van der Waals surface area contributed by atoms with Gasteiger partial charge in [0.15, 0.2) is 0 Å². The van der Waals surface area contributed by atoms with Crippen molar-refractivity contribution >= 4 is 0 Å². The molecule has 0 saturated heterocycles. The largest absolute Gasteiger partial charge is 0.311 e. The molecule has 0 aromatic carbocycles. The van der Waals surface area contributed by atoms with Gasteiger partial charge in [0.1, 0.15) is 0 Å². The molecule has 0 aromatic rings. The predicted octanol–water partition coefficient (Wildman–Crippen LogP) is 3.10. The summed E-state index contributed by atoms with van der Waals surface area (Å²) in [5.41, 5.74) is 0. The van der Waals surface area contributed by atoms with E-state index >= 15 is 0 Å². The van der Waals surface area contributed by atoms with Crippen molar-refractivity contribution in [2.24, 2.45) is 0 Å². The van der Waals surface area contributed by atoms with Crippen LogP contribution in [-0.4, -0.2) is 12.1 Å². The third-order valence-corrected chi connectivity index (χ3v) is 2.85. The van der Waals surface area contributed by atoms with E-state index in [1.165, 1.54) is 44.9 Å². The first-order chi connectivity index (χ1) is 5.86. The normalized spacial score (nSPS) is 18.2. The molecule has 0 aromatic heterocycles. The number of nitrogens with one attached hydrogen (secondary N) is 1. The van der Waals surface area contributed by atoms with E-state index in [1.807, 2.05) is 0 Å². The average molecular weight is 169 g/mol. The molecule has 12 heavy (non-hydrogen) atoms. The van der Waals surface area contributed by atoms with Crippen LogP contribution in [0.5, 0.6) is 0 Å². The third-order valence-electron chi connectivity index (χ3n) is 2.85. The zero-order valence-corrected chi connectivity index (χ0v) is 8.60. The topological polar surface area (TPSA) is 12.0 Å². The van der Waals surface area contributed by atoms with Gasteiger partial charge in [-0.3, -0.25) is 0 Å². The molecule has 0 aliphatic heterocycles. The summed E-state index contributed by atoms with van der Waals surface area (Å²) in [5, 5.41) is 3.76. The minimum absolute atomic E-state index is 0.810. The molecule has 0 radical (unpaired) electrons. The fraction of sp³-hybridized carbons (Fsp3) is 1.00. The van der Waals surface area contributed by atoms with E-state index in [-0.39, 0.29) is 0 Å². The van der Waals surface area contributed by atoms with Crippen molar-refractivity contribution in [1.29, 1.82) is 0 Å². The molecule has 1 heteroatoms. The Morgan fingerprint density at radius 3 is 2.08 bits per heavy atom. The molecule has 0 bridgehead atoms. The smallest absolute Gasteiger partial charge is 0.00696 e. The van der Waals surface area contributed by atoms with Gasteiger partial charge in [-0.15, -0.1) is 0 Å². The van der Waals surface area contributed by atoms with Crippen LogP contribution in [0.2, 0.25) is 0 Å². The summed E-state index contributed by atoms with van der Waals surface area (Å²) in [6, 6.07) is 1.68. The summed E-state index contributed by atoms with van der Waals surface area (Å²) in [5.74, 6) is 0. The lowest BCUT2D eigenvalue weighted by Crippen LogP contribution is -2.42. The molecular formula is C11H23N. The van der Waals surface area contributed by atoms with Crippen molar-refractivity contribution in [3.8, 4) is 0 Å². The third kappa shape index (κ3) is 3.14. The van der Waals surface area contributed by atoms with Crippen LogP contribution in [0.3, 0.4) is 0 Å². The molecule has 1 saturated carbocycles. The Morgan fingerprint density at radius 2 is 1.75 bits per heavy atom. The lowest BCUT2D eigenvalue weighted by atomic mass is 9.91. The van der Waals surface area contributed by atoms with E-state index in [0.29, 0.717) is 0 Å². The quantitative estimate of drug-likeness (QED) is 0.644. The number of rotatable bonds is 6. The molecule has 1 aliphatic carbocycles. The first-order valence-corrected chi connectivity index (χ1v) is 5.62. The summed E-state index contributed by atoms with van der Waals surface area (Å²) >= 11 is 0. The minimum Gasteiger partial charge on any atom is -0.311 e. The Labute approximate surface area is 76.9 Å². The molecule has 0 unspecified atom stereocenters. The maximum atomic E-state index is 3.76. The Hall–Kier alpha value is -0.0400. The second kappa shape index (κ2) is 5.58. The predicted molar refractivity (Wildman–Crippen MR) is 54.4 cm³/mol. The van der Waals surface area contributed by atoms with E-state index in [2.05, 4.69) is 19.2 Å². The Morgan fingerprint density at radius 1 is 1.17 bits per heavy atom. The summed E-state index contributed by atoms with van der Waals surface area (Å²) in [6.45, 7) is 4.57. The van der Waals surface area contributed by atoms with Gasteiger partial charge in [-0.05, 0) is 25.7 Å². The molecule has 1 nitrogen and oxygen atoms in total. The van der Waals surface area contributed by atoms with Gasteiger partial charge in [0.25, 0.3) is 0 Å². The van der Waals surface area contributed by atoms with E-state index < -0.39 is 0 Å². The van der Waals surface area contributed by atoms with Gasteiger partial charge in [-0.1, -0.05) is 33.1 Å². The zero-order valence-electron chi connectivity index (χ0n) is 8.60. The van der Waals surface area contributed by atoms with Gasteiger partial charge in [-0.2, -0.15) is 0 Å². The summed E-state index contributed by atoms with van der Waals surface area (Å²) in [4.78, 5) is 0. The Kier molecular flexibility index (Phi) is 4.67. The summed E-state index contributed by atoms with van der Waals surface area (Å²) in [6.07, 6.45) is 9.67. The van der Waals surface area contributed by atoms with Gasteiger partial charge < -0.3 is 5.32 Å². The Bertz CT molecular complexity index is 102. The summed E-state index contributed by atoms with van der Waals surface area (Å²) in [7, 11) is 0. The van der Waals surface area contributed by atoms with Crippen LogP contribution in [-0.2, 0) is 0 Å². The second-order valence-corrected chi connectivity index (χ2v) is 4.07. The van der Waals surface area contributed by atoms with Crippen LogP contribution in [0.15, 0.2) is 0 Å². The molecule has 1 rings (SSSR count). The second-order valence-electron chi connectivity index (χ2n) is 4.07. The standard InChI is InChI=1S/C11H23N/c1-3-6-10(7-4-2)12-11-8-5-9-11/h10-12H,3-9H2,1-2H3. The van der Waals surface area contributed by atoms with Gasteiger partial charge in [0.05, 0.1) is 0 Å². The number of hydrogen-bond donors (Lipinski definition) is 1. The van der Waals surface area contributed by atoms with Crippen molar-refractivity contribution in [1.82, 2.24) is 5.32 Å². The molecule has 1 N–H and O–H groups in total. The SMILES string of the molecule is CCCC(CCC)NC1CCC1. The van der Waals surface area contributed by atoms with Crippen LogP contribution in [0, 0.1) is 0 Å². The molecule has 72 valence electrons. The highest BCUT2D eigenvalue weighted by Gasteiger charge is 2.19. The summed E-state index contributed by atoms with van der Waals surface area (Å²) < 4.78 is 0. The first kappa shape index (κ1) is 10.0. The highest BCUT2D eigenvalue weighted by molar-refractivity contribution is 4.80. The average Bonchev–Trinajstić information content (AvgIpc) is 1.97. The maximum absolute atomic E-state index is 3.76. The lowest BCUT2D eigenvalue weighted by molar-refractivity contribution is 0.286. The molecule has 1 aliphatic rings. The van der Waals surface area contributed by atoms with Crippen LogP contribution < -0.4 is 5.32 Å². The molecule has 1 fully saturated rings. The minimum atomic E-state index is 0.810. The van der Waals surface area contributed by atoms with Gasteiger partial charge in [0, 0.05) is 12.1 Å².